The molecule has 0 unspecified atom stereocenters. The molecule has 8 heteroatoms. The maximum absolute atomic E-state index is 11.5. The van der Waals surface area contributed by atoms with Crippen molar-refractivity contribution < 1.29 is 21.6 Å². The van der Waals surface area contributed by atoms with Gasteiger partial charge in [0, 0.05) is 0 Å². The van der Waals surface area contributed by atoms with E-state index in [4.69, 9.17) is 23.2 Å². The summed E-state index contributed by atoms with van der Waals surface area (Å²) in [5, 5.41) is 0. The molecule has 0 bridgehead atoms. The van der Waals surface area contributed by atoms with E-state index in [9.17, 15) is 21.6 Å². The minimum atomic E-state index is -5.27. The quantitative estimate of drug-likeness (QED) is 0.678. The third-order valence-corrected chi connectivity index (χ3v) is 2.85. The van der Waals surface area contributed by atoms with Gasteiger partial charge in [-0.15, -0.1) is 23.2 Å². The Morgan fingerprint density at radius 2 is 1.64 bits per heavy atom. The summed E-state index contributed by atoms with van der Waals surface area (Å²) in [6.07, 6.45) is 0. The number of alkyl halides is 5. The van der Waals surface area contributed by atoms with Crippen molar-refractivity contribution >= 4 is 33.0 Å². The monoisotopic (exact) mass is 230 g/mol. The molecule has 2 nitrogen and oxygen atoms in total. The lowest BCUT2D eigenvalue weighted by atomic mass is 10.9. The second kappa shape index (κ2) is 3.37. The van der Waals surface area contributed by atoms with E-state index in [1.54, 1.807) is 0 Å². The number of halogens is 5. The van der Waals surface area contributed by atoms with E-state index < -0.39 is 25.9 Å². The van der Waals surface area contributed by atoms with Gasteiger partial charge in [-0.3, -0.25) is 0 Å². The first-order valence-electron chi connectivity index (χ1n) is 2.24. The van der Waals surface area contributed by atoms with E-state index in [0.29, 0.717) is 0 Å². The van der Waals surface area contributed by atoms with E-state index in [2.05, 4.69) is 0 Å². The molecule has 68 valence electrons. The summed E-state index contributed by atoms with van der Waals surface area (Å²) in [7, 11) is -5.16. The molecule has 0 aromatic rings. The van der Waals surface area contributed by atoms with Gasteiger partial charge in [0.1, 0.15) is 4.84 Å². The average molecular weight is 231 g/mol. The van der Waals surface area contributed by atoms with Crippen LogP contribution >= 0.6 is 23.2 Å². The first-order valence-corrected chi connectivity index (χ1v) is 4.76. The minimum absolute atomic E-state index is 1.31. The van der Waals surface area contributed by atoms with Gasteiger partial charge in [-0.25, -0.2) is 8.42 Å². The zero-order valence-electron chi connectivity index (χ0n) is 4.90. The van der Waals surface area contributed by atoms with Gasteiger partial charge in [-0.2, -0.15) is 13.2 Å². The van der Waals surface area contributed by atoms with Crippen LogP contribution in [0, 0.1) is 0 Å². The Morgan fingerprint density at radius 3 is 1.73 bits per heavy atom. The Hall–Kier alpha value is 0.320. The van der Waals surface area contributed by atoms with Crippen molar-refractivity contribution in [1.82, 2.24) is 0 Å². The number of sulfone groups is 1. The van der Waals surface area contributed by atoms with Crippen LogP contribution in [0.1, 0.15) is 0 Å². The van der Waals surface area contributed by atoms with Crippen LogP contribution in [0.4, 0.5) is 13.2 Å². The van der Waals surface area contributed by atoms with Gasteiger partial charge in [0.15, 0.2) is 0 Å². The third-order valence-electron chi connectivity index (χ3n) is 0.698. The highest BCUT2D eigenvalue weighted by molar-refractivity contribution is 7.92. The Bertz CT molecular complexity index is 219. The third kappa shape index (κ3) is 3.48. The van der Waals surface area contributed by atoms with Crippen molar-refractivity contribution in [3.63, 3.8) is 0 Å². The topological polar surface area (TPSA) is 34.1 Å². The normalized spacial score (nSPS) is 14.0. The summed E-state index contributed by atoms with van der Waals surface area (Å²) < 4.78 is 54.8. The van der Waals surface area contributed by atoms with Crippen LogP contribution in [-0.2, 0) is 9.84 Å². The maximum Gasteiger partial charge on any atom is 0.497 e. The van der Waals surface area contributed by atoms with Gasteiger partial charge in [-0.05, 0) is 0 Å². The molecule has 0 atom stereocenters. The fourth-order valence-corrected chi connectivity index (χ4v) is 1.78. The lowest BCUT2D eigenvalue weighted by Gasteiger charge is -2.07. The lowest BCUT2D eigenvalue weighted by molar-refractivity contribution is -0.0434. The van der Waals surface area contributed by atoms with Crippen LogP contribution in [0.15, 0.2) is 0 Å². The first kappa shape index (κ1) is 11.3. The summed E-state index contributed by atoms with van der Waals surface area (Å²) in [5.41, 5.74) is -5.27. The van der Waals surface area contributed by atoms with Gasteiger partial charge in [0.25, 0.3) is 9.84 Å². The van der Waals surface area contributed by atoms with E-state index in [1.807, 2.05) is 0 Å². The first-order chi connectivity index (χ1) is 4.67. The van der Waals surface area contributed by atoms with Gasteiger partial charge in [0.05, 0.1) is 5.75 Å². The predicted molar refractivity (Wildman–Crippen MR) is 35.3 cm³/mol. The van der Waals surface area contributed by atoms with Crippen molar-refractivity contribution in [2.75, 3.05) is 5.75 Å². The van der Waals surface area contributed by atoms with Gasteiger partial charge < -0.3 is 0 Å². The molecule has 0 aliphatic heterocycles. The molecule has 0 aromatic carbocycles. The number of rotatable bonds is 2. The second-order valence-electron chi connectivity index (χ2n) is 1.62. The lowest BCUT2D eigenvalue weighted by Crippen LogP contribution is -2.28. The summed E-state index contributed by atoms with van der Waals surface area (Å²) in [6, 6.07) is 0. The van der Waals surface area contributed by atoms with Gasteiger partial charge >= 0.3 is 5.51 Å². The minimum Gasteiger partial charge on any atom is -0.219 e. The van der Waals surface area contributed by atoms with Crippen LogP contribution in [-0.4, -0.2) is 24.5 Å². The molecule has 0 N–H and O–H groups in total. The van der Waals surface area contributed by atoms with E-state index in [0.717, 1.165) is 0 Å². The zero-order chi connectivity index (χ0) is 9.28. The molecule has 0 aromatic heterocycles. The molecule has 11 heavy (non-hydrogen) atoms. The predicted octanol–water partition coefficient (Wildman–Crippen LogP) is 1.72. The average Bonchev–Trinajstić information content (AvgIpc) is 1.56. The molecular formula is C3H3Cl2F3O2S. The van der Waals surface area contributed by atoms with Crippen LogP contribution in [0.25, 0.3) is 0 Å². The summed E-state index contributed by atoms with van der Waals surface area (Å²) >= 11 is 9.71. The van der Waals surface area contributed by atoms with Crippen molar-refractivity contribution in [3.8, 4) is 0 Å². The number of hydrogen-bond acceptors (Lipinski definition) is 2. The molecular weight excluding hydrogens is 228 g/mol. The molecule has 0 spiro atoms. The highest BCUT2D eigenvalue weighted by Crippen LogP contribution is 2.25. The van der Waals surface area contributed by atoms with Crippen LogP contribution in [0.5, 0.6) is 0 Å². The maximum atomic E-state index is 11.5. The molecule has 0 fully saturated rings. The molecule has 0 aliphatic carbocycles. The summed E-state index contributed by atoms with van der Waals surface area (Å²) in [4.78, 5) is -1.55. The molecule has 0 aliphatic rings. The highest BCUT2D eigenvalue weighted by atomic mass is 35.5. The fourth-order valence-electron chi connectivity index (χ4n) is 0.260. The van der Waals surface area contributed by atoms with E-state index in [-0.39, 0.29) is 0 Å². The molecule has 0 saturated carbocycles. The van der Waals surface area contributed by atoms with E-state index >= 15 is 0 Å². The molecule has 0 amide bonds. The van der Waals surface area contributed by atoms with Crippen LogP contribution in [0.2, 0.25) is 0 Å². The largest absolute Gasteiger partial charge is 0.497 e. The Labute approximate surface area is 71.2 Å². The Balaban J connectivity index is 4.51. The van der Waals surface area contributed by atoms with Crippen LogP contribution in [0.3, 0.4) is 0 Å². The van der Waals surface area contributed by atoms with Crippen molar-refractivity contribution in [3.05, 3.63) is 0 Å². The standard InChI is InChI=1S/C3H3Cl2F3O2S/c4-2(5)1-11(9,10)3(6,7)8/h2H,1H2. The zero-order valence-corrected chi connectivity index (χ0v) is 7.23. The summed E-state index contributed by atoms with van der Waals surface area (Å²) in [5.74, 6) is -1.31. The highest BCUT2D eigenvalue weighted by Gasteiger charge is 2.46. The number of hydrogen-bond donors (Lipinski definition) is 0. The van der Waals surface area contributed by atoms with Crippen molar-refractivity contribution in [1.29, 1.82) is 0 Å². The van der Waals surface area contributed by atoms with Crippen molar-refractivity contribution in [2.45, 2.75) is 10.3 Å². The SMILES string of the molecule is O=S(=O)(CC(Cl)Cl)C(F)(F)F. The Morgan fingerprint density at radius 1 is 1.27 bits per heavy atom. The van der Waals surface area contributed by atoms with E-state index in [1.165, 1.54) is 0 Å². The molecule has 0 saturated heterocycles. The summed E-state index contributed by atoms with van der Waals surface area (Å²) in [6.45, 7) is 0. The Kier molecular flexibility index (Phi) is 3.46. The fraction of sp³-hybridized carbons (Fsp3) is 1.00. The molecule has 0 heterocycles. The molecule has 0 rings (SSSR count). The van der Waals surface area contributed by atoms with Crippen LogP contribution < -0.4 is 0 Å². The second-order valence-corrected chi connectivity index (χ2v) is 4.92. The van der Waals surface area contributed by atoms with Gasteiger partial charge in [0.2, 0.25) is 0 Å². The van der Waals surface area contributed by atoms with Crippen molar-refractivity contribution in [2.24, 2.45) is 0 Å². The smallest absolute Gasteiger partial charge is 0.219 e. The molecule has 0 radical (unpaired) electrons. The van der Waals surface area contributed by atoms with Gasteiger partial charge in [-0.1, -0.05) is 0 Å².